The first-order valence-electron chi connectivity index (χ1n) is 50.3. The maximum atomic E-state index is 11.9. The van der Waals surface area contributed by atoms with E-state index in [1.165, 1.54) is 385 Å². The summed E-state index contributed by atoms with van der Waals surface area (Å²) in [6.45, 7) is 19.5. The third-order valence-corrected chi connectivity index (χ3v) is 28.0. The first-order chi connectivity index (χ1) is 54.5. The summed E-state index contributed by atoms with van der Waals surface area (Å²) in [5.41, 5.74) is 0. The molecule has 682 valence electrons. The van der Waals surface area contributed by atoms with Gasteiger partial charge in [0.15, 0.2) is 0 Å². The molecule has 0 N–H and O–H groups in total. The van der Waals surface area contributed by atoms with Crippen LogP contribution in [0.15, 0.2) is 0 Å². The van der Waals surface area contributed by atoms with Gasteiger partial charge in [-0.15, -0.1) is 0 Å². The van der Waals surface area contributed by atoms with Crippen LogP contribution < -0.4 is 19.6 Å². The Morgan fingerprint density at radius 2 is 0.221 bits per heavy atom. The van der Waals surface area contributed by atoms with Crippen molar-refractivity contribution in [3.05, 3.63) is 0 Å². The molecule has 0 saturated heterocycles. The fourth-order valence-electron chi connectivity index (χ4n) is 14.6. The Balaban J connectivity index is -0.000000457. The van der Waals surface area contributed by atoms with Crippen molar-refractivity contribution in [1.29, 1.82) is 0 Å². The number of unbranched alkanes of at least 4 members (excludes halogenated alkanes) is 72. The molecular weight excluding hydrogens is 1560 g/mol. The monoisotopic (exact) mass is 1770 g/mol. The van der Waals surface area contributed by atoms with Crippen molar-refractivity contribution in [1.82, 2.24) is 0 Å². The van der Waals surface area contributed by atoms with Gasteiger partial charge in [0, 0.05) is 24.6 Å². The van der Waals surface area contributed by atoms with Gasteiger partial charge in [-0.25, -0.2) is 0 Å². The largest absolute Gasteiger partial charge is 4.00 e. The molecule has 4 unspecified atom stereocenters. The summed E-state index contributed by atoms with van der Waals surface area (Å²) < 4.78 is 68.5. The van der Waals surface area contributed by atoms with Crippen molar-refractivity contribution >= 4 is 30.4 Å². The molecule has 0 rings (SSSR count). The summed E-state index contributed by atoms with van der Waals surface area (Å²) in [5, 5.41) is 0. The second-order valence-electron chi connectivity index (χ2n) is 34.1. The van der Waals surface area contributed by atoms with E-state index in [2.05, 4.69) is 55.4 Å². The summed E-state index contributed by atoms with van der Waals surface area (Å²) in [7, 11) is -14.4. The number of rotatable bonds is 92. The van der Waals surface area contributed by atoms with E-state index in [-0.39, 0.29) is 45.7 Å². The van der Waals surface area contributed by atoms with Crippen LogP contribution in [0.3, 0.4) is 0 Å². The first-order valence-corrected chi connectivity index (χ1v) is 57.2. The zero-order valence-corrected chi connectivity index (χ0v) is 82.9. The molecule has 0 spiro atoms. The molecule has 0 aromatic carbocycles. The van der Waals surface area contributed by atoms with Crippen LogP contribution in [0.25, 0.3) is 0 Å². The van der Waals surface area contributed by atoms with Crippen molar-refractivity contribution in [3.63, 3.8) is 0 Å². The average molecular weight is 1770 g/mol. The van der Waals surface area contributed by atoms with Crippen LogP contribution in [0, 0.1) is 0 Å². The predicted molar refractivity (Wildman–Crippen MR) is 488 cm³/mol. The van der Waals surface area contributed by atoms with Gasteiger partial charge in [-0.3, -0.25) is 0 Å². The topological polar surface area (TPSA) is 197 Å². The van der Waals surface area contributed by atoms with Gasteiger partial charge in [-0.2, -0.15) is 0 Å². The van der Waals surface area contributed by atoms with Gasteiger partial charge < -0.3 is 55.9 Å². The molecule has 113 heavy (non-hydrogen) atoms. The summed E-state index contributed by atoms with van der Waals surface area (Å²) in [4.78, 5) is 47.7. The van der Waals surface area contributed by atoms with Gasteiger partial charge in [0.25, 0.3) is 0 Å². The molecule has 0 heterocycles. The van der Waals surface area contributed by atoms with Crippen molar-refractivity contribution in [2.45, 2.75) is 569 Å². The third-order valence-electron chi connectivity index (χ3n) is 22.3. The Labute approximate surface area is 722 Å². The van der Waals surface area contributed by atoms with E-state index in [0.29, 0.717) is 26.4 Å². The third kappa shape index (κ3) is 117. The van der Waals surface area contributed by atoms with E-state index in [1.54, 1.807) is 0 Å². The molecular formula is C96H200MoO12P4. The Morgan fingerprint density at radius 3 is 0.319 bits per heavy atom. The normalized spacial score (nSPS) is 13.6. The van der Waals surface area contributed by atoms with Gasteiger partial charge in [-0.05, 0) is 51.4 Å². The van der Waals surface area contributed by atoms with Crippen molar-refractivity contribution in [2.24, 2.45) is 0 Å². The molecule has 17 heteroatoms. The standard InChI is InChI=1S/4C24H51O3P.Mo/c4*1-3-5-7-9-11-13-15-17-19-21-23-27-28(25,26)24-22-20-18-16-14-12-10-8-6-4-2;/h4*3-24H2,1-2H3,(H,25,26);/q;;;;+4/p-4. The van der Waals surface area contributed by atoms with Crippen molar-refractivity contribution < 1.29 is 77.0 Å². The summed E-state index contributed by atoms with van der Waals surface area (Å²) in [6, 6.07) is 0. The van der Waals surface area contributed by atoms with Crippen molar-refractivity contribution in [3.8, 4) is 0 Å². The minimum absolute atomic E-state index is 0. The van der Waals surface area contributed by atoms with Crippen LogP contribution in [-0.4, -0.2) is 51.1 Å². The molecule has 0 radical (unpaired) electrons. The molecule has 0 amide bonds. The van der Waals surface area contributed by atoms with Crippen LogP contribution in [0.1, 0.15) is 569 Å². The zero-order chi connectivity index (χ0) is 83.1. The molecule has 0 aromatic heterocycles. The van der Waals surface area contributed by atoms with E-state index >= 15 is 0 Å². The SMILES string of the molecule is CCCCCCCCCCCCOP(=O)([O-])CCCCCCCCCCCC.CCCCCCCCCCCCOP(=O)([O-])CCCCCCCCCCCC.CCCCCCCCCCCCOP(=O)([O-])CCCCCCCCCCCC.CCCCCCCCCCCCOP(=O)([O-])CCCCCCCCCCCC.[Mo+4]. The molecule has 0 aliphatic heterocycles. The molecule has 0 saturated carbocycles. The minimum Gasteiger partial charge on any atom is -0.778 e. The Morgan fingerprint density at radius 1 is 0.142 bits per heavy atom. The minimum atomic E-state index is -3.59. The Bertz CT molecular complexity index is 1660. The zero-order valence-electron chi connectivity index (χ0n) is 77.3. The van der Waals surface area contributed by atoms with E-state index in [0.717, 1.165) is 128 Å². The fourth-order valence-corrected chi connectivity index (χ4v) is 19.2. The van der Waals surface area contributed by atoms with Gasteiger partial charge in [0.1, 0.15) is 30.4 Å². The molecule has 4 atom stereocenters. The second-order valence-corrected chi connectivity index (χ2v) is 41.8. The fraction of sp³-hybridized carbons (Fsp3) is 1.00. The van der Waals surface area contributed by atoms with E-state index in [1.807, 2.05) is 0 Å². The van der Waals surface area contributed by atoms with Gasteiger partial charge in [-0.1, -0.05) is 518 Å². The molecule has 0 aliphatic carbocycles. The van der Waals surface area contributed by atoms with Crippen LogP contribution in [-0.2, 0) is 57.4 Å². The van der Waals surface area contributed by atoms with E-state index in [4.69, 9.17) is 18.1 Å². The van der Waals surface area contributed by atoms with Gasteiger partial charge in [0.2, 0.25) is 0 Å². The maximum absolute atomic E-state index is 11.9. The molecule has 0 aromatic rings. The van der Waals surface area contributed by atoms with E-state index in [9.17, 15) is 37.8 Å². The van der Waals surface area contributed by atoms with Gasteiger partial charge in [0.05, 0.1) is 26.4 Å². The summed E-state index contributed by atoms with van der Waals surface area (Å²) in [6.07, 6.45) is 99.9. The van der Waals surface area contributed by atoms with Crippen LogP contribution in [0.4, 0.5) is 0 Å². The van der Waals surface area contributed by atoms with Gasteiger partial charge >= 0.3 is 21.1 Å². The molecule has 0 bridgehead atoms. The predicted octanol–water partition coefficient (Wildman–Crippen LogP) is 33.6. The van der Waals surface area contributed by atoms with Crippen molar-refractivity contribution in [2.75, 3.05) is 51.1 Å². The smallest absolute Gasteiger partial charge is 0.778 e. The Hall–Kier alpha value is 1.29. The van der Waals surface area contributed by atoms with Crippen LogP contribution in [0.5, 0.6) is 0 Å². The summed E-state index contributed by atoms with van der Waals surface area (Å²) >= 11 is 0. The molecule has 0 fully saturated rings. The first kappa shape index (κ1) is 123. The Kier molecular flexibility index (Phi) is 113. The number of hydrogen-bond donors (Lipinski definition) is 0. The second kappa shape index (κ2) is 104. The van der Waals surface area contributed by atoms with Crippen LogP contribution in [0.2, 0.25) is 0 Å². The summed E-state index contributed by atoms with van der Waals surface area (Å²) in [5.74, 6) is 0. The quantitative estimate of drug-likeness (QED) is 0.0318. The van der Waals surface area contributed by atoms with E-state index < -0.39 is 30.4 Å². The number of hydrogen-bond acceptors (Lipinski definition) is 12. The molecule has 12 nitrogen and oxygen atoms in total. The molecule has 0 aliphatic rings. The maximum Gasteiger partial charge on any atom is 4.00 e. The average Bonchev–Trinajstić information content (AvgIpc) is 0.969. The van der Waals surface area contributed by atoms with Crippen LogP contribution >= 0.6 is 30.4 Å².